The first-order valence-corrected chi connectivity index (χ1v) is 5.51. The molecule has 8 heteroatoms. The van der Waals surface area contributed by atoms with E-state index in [1.165, 1.54) is 21.6 Å². The Bertz CT molecular complexity index is 111. The zero-order valence-electron chi connectivity index (χ0n) is 5.85. The van der Waals surface area contributed by atoms with Crippen molar-refractivity contribution in [2.24, 2.45) is 0 Å². The first-order valence-electron chi connectivity index (χ1n) is 2.63. The first-order chi connectivity index (χ1) is 4.66. The van der Waals surface area contributed by atoms with E-state index < -0.39 is 0 Å². The van der Waals surface area contributed by atoms with Crippen molar-refractivity contribution in [3.8, 4) is 0 Å². The molecule has 11 heavy (non-hydrogen) atoms. The fraction of sp³-hybridized carbons (Fsp3) is 0.667. The smallest absolute Gasteiger partial charge is 0.196 e. The second-order valence-electron chi connectivity index (χ2n) is 1.60. The van der Waals surface area contributed by atoms with Gasteiger partial charge in [0, 0.05) is 24.2 Å². The summed E-state index contributed by atoms with van der Waals surface area (Å²) in [5, 5.41) is 0. The third kappa shape index (κ3) is 11.4. The summed E-state index contributed by atoms with van der Waals surface area (Å²) in [6.45, 7) is 1.73. The third-order valence-corrected chi connectivity index (χ3v) is 3.57. The SMILES string of the molecule is [B]B(P)SSNC(C)[C-]=O.[Ni]. The van der Waals surface area contributed by atoms with E-state index in [-0.39, 0.29) is 28.1 Å². The molecule has 0 aliphatic rings. The Hall–Kier alpha value is 1.38. The molecule has 0 aromatic carbocycles. The maximum Gasteiger partial charge on any atom is 0.196 e. The van der Waals surface area contributed by atoms with E-state index in [1.807, 2.05) is 0 Å². The van der Waals surface area contributed by atoms with Gasteiger partial charge >= 0.3 is 0 Å². The van der Waals surface area contributed by atoms with Gasteiger partial charge in [0.15, 0.2) is 5.60 Å². The summed E-state index contributed by atoms with van der Waals surface area (Å²) < 4.78 is 2.83. The van der Waals surface area contributed by atoms with Crippen LogP contribution in [0.4, 0.5) is 0 Å². The maximum absolute atomic E-state index is 9.93. The molecule has 0 aromatic heterocycles. The number of rotatable bonds is 5. The minimum absolute atomic E-state index is 0. The fourth-order valence-corrected chi connectivity index (χ4v) is 1.97. The van der Waals surface area contributed by atoms with E-state index >= 15 is 0 Å². The molecular formula is C3H7B2NNiOPS2-. The molecule has 0 fully saturated rings. The zero-order valence-corrected chi connectivity index (χ0v) is 9.63. The van der Waals surface area contributed by atoms with Crippen molar-refractivity contribution in [3.63, 3.8) is 0 Å². The molecule has 2 nitrogen and oxygen atoms in total. The van der Waals surface area contributed by atoms with E-state index in [1.54, 1.807) is 13.2 Å². The van der Waals surface area contributed by atoms with Gasteiger partial charge in [-0.3, -0.25) is 4.72 Å². The average molecular weight is 249 g/mol. The standard InChI is InChI=1S/C3H7B2NOPS2.Ni/c1-3(2-7)6-10-9-5(4)8;/h3,6H,8H2,1H3;/q-1;. The van der Waals surface area contributed by atoms with Crippen molar-refractivity contribution in [1.82, 2.24) is 4.72 Å². The molecule has 2 atom stereocenters. The summed E-state index contributed by atoms with van der Waals surface area (Å²) in [5.41, 5.74) is -0.00338. The van der Waals surface area contributed by atoms with Gasteiger partial charge in [-0.1, -0.05) is 13.0 Å². The monoisotopic (exact) mass is 248 g/mol. The molecule has 0 rings (SSSR count). The molecule has 64 valence electrons. The topological polar surface area (TPSA) is 29.1 Å². The Morgan fingerprint density at radius 3 is 2.73 bits per heavy atom. The largest absolute Gasteiger partial charge is 0.540 e. The van der Waals surface area contributed by atoms with E-state index in [0.29, 0.717) is 0 Å². The van der Waals surface area contributed by atoms with Crippen LogP contribution in [0.2, 0.25) is 0 Å². The third-order valence-electron chi connectivity index (χ3n) is 0.561. The van der Waals surface area contributed by atoms with Gasteiger partial charge in [-0.15, -0.1) is 10.6 Å². The fourth-order valence-electron chi connectivity index (χ4n) is 0.180. The van der Waals surface area contributed by atoms with Gasteiger partial charge in [0.1, 0.15) is 0 Å². The van der Waals surface area contributed by atoms with Gasteiger partial charge in [-0.25, -0.2) is 6.29 Å². The molecule has 0 saturated heterocycles. The van der Waals surface area contributed by atoms with Crippen LogP contribution in [0.1, 0.15) is 6.92 Å². The number of hydrogen-bond donors (Lipinski definition) is 1. The van der Waals surface area contributed by atoms with Crippen molar-refractivity contribution in [2.45, 2.75) is 13.0 Å². The van der Waals surface area contributed by atoms with Gasteiger partial charge in [0.2, 0.25) is 0 Å². The normalized spacial score (nSPS) is 11.5. The molecule has 0 aliphatic carbocycles. The summed E-state index contributed by atoms with van der Waals surface area (Å²) >= 11 is 0. The minimum atomic E-state index is -0.235. The van der Waals surface area contributed by atoms with E-state index in [0.717, 1.165) is 0 Å². The molecule has 1 N–H and O–H groups in total. The van der Waals surface area contributed by atoms with Crippen molar-refractivity contribution in [2.75, 3.05) is 0 Å². The van der Waals surface area contributed by atoms with Crippen molar-refractivity contribution in [3.05, 3.63) is 0 Å². The summed E-state index contributed by atoms with van der Waals surface area (Å²) in [4.78, 5) is 9.93. The van der Waals surface area contributed by atoms with Crippen LogP contribution in [0.5, 0.6) is 0 Å². The van der Waals surface area contributed by atoms with Crippen LogP contribution >= 0.6 is 30.7 Å². The average Bonchev–Trinajstić information content (AvgIpc) is 1.87. The molecule has 0 aromatic rings. The first kappa shape index (κ1) is 14.9. The van der Waals surface area contributed by atoms with Crippen molar-refractivity contribution < 1.29 is 21.3 Å². The summed E-state index contributed by atoms with van der Waals surface area (Å²) in [5.74, 6) is 0. The van der Waals surface area contributed by atoms with Crippen LogP contribution < -0.4 is 4.72 Å². The summed E-state index contributed by atoms with van der Waals surface area (Å²) in [6.07, 6.45) is 1.80. The predicted octanol–water partition coefficient (Wildman–Crippen LogP) is 0.397. The summed E-state index contributed by atoms with van der Waals surface area (Å²) in [7, 11) is 10.6. The van der Waals surface area contributed by atoms with Gasteiger partial charge in [-0.05, 0) is 11.0 Å². The Balaban J connectivity index is 0. The Kier molecular flexibility index (Phi) is 12.8. The van der Waals surface area contributed by atoms with Crippen molar-refractivity contribution in [1.29, 1.82) is 0 Å². The molecule has 0 heterocycles. The Morgan fingerprint density at radius 1 is 1.82 bits per heavy atom. The number of nitrogens with one attached hydrogen (secondary N) is 1. The molecular weight excluding hydrogens is 241 g/mol. The maximum atomic E-state index is 9.93. The quantitative estimate of drug-likeness (QED) is 0.251. The Morgan fingerprint density at radius 2 is 2.36 bits per heavy atom. The second-order valence-corrected chi connectivity index (χ2v) is 5.02. The molecule has 0 aliphatic heterocycles. The Labute approximate surface area is 89.2 Å². The van der Waals surface area contributed by atoms with E-state index in [4.69, 9.17) is 7.74 Å². The van der Waals surface area contributed by atoms with Gasteiger partial charge < -0.3 is 4.79 Å². The minimum Gasteiger partial charge on any atom is -0.540 e. The zero-order chi connectivity index (χ0) is 7.98. The molecule has 0 saturated carbocycles. The molecule has 0 spiro atoms. The van der Waals surface area contributed by atoms with E-state index in [2.05, 4.69) is 13.8 Å². The molecule has 0 amide bonds. The second kappa shape index (κ2) is 9.47. The van der Waals surface area contributed by atoms with Gasteiger partial charge in [0.05, 0.1) is 0 Å². The molecule has 2 unspecified atom stereocenters. The molecule has 0 bridgehead atoms. The van der Waals surface area contributed by atoms with Crippen LogP contribution in [0, 0.1) is 0 Å². The number of hydrogen-bond acceptors (Lipinski definition) is 4. The van der Waals surface area contributed by atoms with Crippen LogP contribution in [-0.4, -0.2) is 25.7 Å². The van der Waals surface area contributed by atoms with Crippen LogP contribution in [-0.2, 0) is 21.3 Å². The van der Waals surface area contributed by atoms with Crippen LogP contribution in [0.25, 0.3) is 0 Å². The van der Waals surface area contributed by atoms with Crippen molar-refractivity contribution >= 4 is 50.4 Å². The summed E-state index contributed by atoms with van der Waals surface area (Å²) in [6, 6.07) is -0.235. The predicted molar refractivity (Wildman–Crippen MR) is 54.7 cm³/mol. The van der Waals surface area contributed by atoms with Crippen LogP contribution in [0.15, 0.2) is 0 Å². The molecule has 2 radical (unpaired) electrons. The van der Waals surface area contributed by atoms with E-state index in [9.17, 15) is 4.79 Å². The van der Waals surface area contributed by atoms with Gasteiger partial charge in [0.25, 0.3) is 0 Å². The van der Waals surface area contributed by atoms with Gasteiger partial charge in [-0.2, -0.15) is 9.12 Å². The van der Waals surface area contributed by atoms with Crippen LogP contribution in [0.3, 0.4) is 0 Å². The number of carbonyl (C=O) groups excluding carboxylic acids is 1.